The number of nitrogens with zero attached hydrogens (tertiary/aromatic N) is 2. The van der Waals surface area contributed by atoms with Crippen LogP contribution < -0.4 is 5.56 Å². The Hall–Kier alpha value is -1.32. The number of aromatic nitrogens is 2. The van der Waals surface area contributed by atoms with E-state index in [0.717, 1.165) is 35.2 Å². The summed E-state index contributed by atoms with van der Waals surface area (Å²) in [4.78, 5) is 22.0. The molecule has 0 fully saturated rings. The van der Waals surface area contributed by atoms with E-state index >= 15 is 0 Å². The number of thioether (sulfide) groups is 1. The second kappa shape index (κ2) is 5.98. The highest BCUT2D eigenvalue weighted by Gasteiger charge is 2.19. The third kappa shape index (κ3) is 2.60. The first-order valence-corrected chi connectivity index (χ1v) is 8.64. The van der Waals surface area contributed by atoms with Crippen LogP contribution in [0.1, 0.15) is 36.1 Å². The van der Waals surface area contributed by atoms with Gasteiger partial charge in [-0.25, -0.2) is 4.98 Å². The SMILES string of the molecule is N#CCCCSc1nc2sc3c(c2c(=O)[nH]1)CCCC3. The lowest BCUT2D eigenvalue weighted by atomic mass is 9.97. The van der Waals surface area contributed by atoms with Gasteiger partial charge in [-0.2, -0.15) is 5.26 Å². The number of unbranched alkanes of at least 4 members (excludes halogenated alkanes) is 1. The number of thiophene rings is 1. The van der Waals surface area contributed by atoms with Crippen LogP contribution in [0, 0.1) is 11.3 Å². The molecular weight excluding hydrogens is 290 g/mol. The number of aromatic amines is 1. The first-order valence-electron chi connectivity index (χ1n) is 6.84. The molecule has 2 aromatic heterocycles. The van der Waals surface area contributed by atoms with Crippen LogP contribution in [0.25, 0.3) is 10.2 Å². The summed E-state index contributed by atoms with van der Waals surface area (Å²) in [5.41, 5.74) is 1.23. The predicted molar refractivity (Wildman–Crippen MR) is 82.5 cm³/mol. The van der Waals surface area contributed by atoms with Crippen molar-refractivity contribution in [2.75, 3.05) is 5.75 Å². The van der Waals surface area contributed by atoms with Gasteiger partial charge in [0.25, 0.3) is 5.56 Å². The maximum absolute atomic E-state index is 12.3. The molecule has 3 rings (SSSR count). The van der Waals surface area contributed by atoms with E-state index in [0.29, 0.717) is 11.6 Å². The van der Waals surface area contributed by atoms with Gasteiger partial charge >= 0.3 is 0 Å². The van der Waals surface area contributed by atoms with Gasteiger partial charge in [0.1, 0.15) is 4.83 Å². The third-order valence-corrected chi connectivity index (χ3v) is 5.62. The molecule has 1 N–H and O–H groups in total. The van der Waals surface area contributed by atoms with Crippen molar-refractivity contribution >= 4 is 33.3 Å². The van der Waals surface area contributed by atoms with Crippen molar-refractivity contribution in [1.82, 2.24) is 9.97 Å². The quantitative estimate of drug-likeness (QED) is 0.535. The fourth-order valence-corrected chi connectivity index (χ4v) is 4.66. The highest BCUT2D eigenvalue weighted by atomic mass is 32.2. The summed E-state index contributed by atoms with van der Waals surface area (Å²) in [5, 5.41) is 10.0. The highest BCUT2D eigenvalue weighted by Crippen LogP contribution is 2.34. The van der Waals surface area contributed by atoms with Crippen LogP contribution in [-0.4, -0.2) is 15.7 Å². The van der Waals surface area contributed by atoms with E-state index in [1.54, 1.807) is 11.3 Å². The molecule has 1 aliphatic carbocycles. The Balaban J connectivity index is 1.90. The Morgan fingerprint density at radius 1 is 1.40 bits per heavy atom. The summed E-state index contributed by atoms with van der Waals surface area (Å²) in [6, 6.07) is 2.12. The molecule has 4 nitrogen and oxygen atoms in total. The molecule has 2 heterocycles. The van der Waals surface area contributed by atoms with E-state index in [1.807, 2.05) is 0 Å². The van der Waals surface area contributed by atoms with Crippen LogP contribution in [0.4, 0.5) is 0 Å². The lowest BCUT2D eigenvalue weighted by Gasteiger charge is -2.09. The van der Waals surface area contributed by atoms with Crippen molar-refractivity contribution in [2.24, 2.45) is 0 Å². The molecule has 20 heavy (non-hydrogen) atoms. The van der Waals surface area contributed by atoms with Gasteiger partial charge in [-0.3, -0.25) is 4.79 Å². The van der Waals surface area contributed by atoms with Crippen LogP contribution in [-0.2, 0) is 12.8 Å². The molecule has 6 heteroatoms. The first kappa shape index (κ1) is 13.7. The molecule has 0 bridgehead atoms. The van der Waals surface area contributed by atoms with Crippen molar-refractivity contribution in [1.29, 1.82) is 5.26 Å². The summed E-state index contributed by atoms with van der Waals surface area (Å²) in [6.45, 7) is 0. The van der Waals surface area contributed by atoms with E-state index in [4.69, 9.17) is 5.26 Å². The zero-order valence-electron chi connectivity index (χ0n) is 11.1. The van der Waals surface area contributed by atoms with E-state index < -0.39 is 0 Å². The Bertz CT molecular complexity index is 726. The van der Waals surface area contributed by atoms with Gasteiger partial charge in [-0.05, 0) is 37.7 Å². The molecule has 0 unspecified atom stereocenters. The minimum absolute atomic E-state index is 0.00261. The molecule has 0 atom stereocenters. The molecular formula is C14H15N3OS2. The average molecular weight is 305 g/mol. The van der Waals surface area contributed by atoms with Gasteiger partial charge in [0.05, 0.1) is 11.5 Å². The standard InChI is InChI=1S/C14H15N3OS2/c15-7-3-4-8-19-14-16-12(18)11-9-5-1-2-6-10(9)20-13(11)17-14/h1-6,8H2,(H,16,17,18). The van der Waals surface area contributed by atoms with Crippen molar-refractivity contribution in [2.45, 2.75) is 43.7 Å². The monoisotopic (exact) mass is 305 g/mol. The fraction of sp³-hybridized carbons (Fsp3) is 0.500. The minimum Gasteiger partial charge on any atom is -0.301 e. The number of rotatable bonds is 4. The molecule has 1 aliphatic rings. The molecule has 0 amide bonds. The number of nitrogens with one attached hydrogen (secondary N) is 1. The average Bonchev–Trinajstić information content (AvgIpc) is 2.82. The Kier molecular flexibility index (Phi) is 4.08. The van der Waals surface area contributed by atoms with Gasteiger partial charge in [0.2, 0.25) is 0 Å². The Labute approximate surface area is 125 Å². The molecule has 0 radical (unpaired) electrons. The van der Waals surface area contributed by atoms with Gasteiger partial charge in [-0.1, -0.05) is 11.8 Å². The largest absolute Gasteiger partial charge is 0.301 e. The van der Waals surface area contributed by atoms with Crippen LogP contribution in [0.2, 0.25) is 0 Å². The number of fused-ring (bicyclic) bond motifs is 3. The van der Waals surface area contributed by atoms with Crippen LogP contribution in [0.5, 0.6) is 0 Å². The van der Waals surface area contributed by atoms with E-state index in [1.165, 1.54) is 35.0 Å². The van der Waals surface area contributed by atoms with Crippen LogP contribution in [0.3, 0.4) is 0 Å². The van der Waals surface area contributed by atoms with Crippen molar-refractivity contribution in [3.63, 3.8) is 0 Å². The van der Waals surface area contributed by atoms with Crippen molar-refractivity contribution < 1.29 is 0 Å². The smallest absolute Gasteiger partial charge is 0.260 e. The van der Waals surface area contributed by atoms with Gasteiger partial charge in [0.15, 0.2) is 5.16 Å². The lowest BCUT2D eigenvalue weighted by Crippen LogP contribution is -2.11. The zero-order chi connectivity index (χ0) is 13.9. The fourth-order valence-electron chi connectivity index (χ4n) is 2.53. The van der Waals surface area contributed by atoms with Gasteiger partial charge in [-0.15, -0.1) is 11.3 Å². The molecule has 0 saturated carbocycles. The topological polar surface area (TPSA) is 69.5 Å². The maximum Gasteiger partial charge on any atom is 0.260 e. The van der Waals surface area contributed by atoms with E-state index in [-0.39, 0.29) is 5.56 Å². The normalized spacial score (nSPS) is 14.2. The summed E-state index contributed by atoms with van der Waals surface area (Å²) < 4.78 is 0. The summed E-state index contributed by atoms with van der Waals surface area (Å²) in [5.74, 6) is 0.813. The zero-order valence-corrected chi connectivity index (χ0v) is 12.7. The Morgan fingerprint density at radius 2 is 2.25 bits per heavy atom. The van der Waals surface area contributed by atoms with Crippen LogP contribution >= 0.6 is 23.1 Å². The molecule has 104 valence electrons. The maximum atomic E-state index is 12.3. The number of hydrogen-bond acceptors (Lipinski definition) is 5. The van der Waals surface area contributed by atoms with Gasteiger partial charge in [0, 0.05) is 17.1 Å². The third-order valence-electron chi connectivity index (χ3n) is 3.48. The van der Waals surface area contributed by atoms with Crippen LogP contribution in [0.15, 0.2) is 9.95 Å². The Morgan fingerprint density at radius 3 is 3.10 bits per heavy atom. The molecule has 0 saturated heterocycles. The highest BCUT2D eigenvalue weighted by molar-refractivity contribution is 7.99. The van der Waals surface area contributed by atoms with E-state index in [2.05, 4.69) is 16.0 Å². The summed E-state index contributed by atoms with van der Waals surface area (Å²) in [6.07, 6.45) is 5.85. The molecule has 0 spiro atoms. The first-order chi connectivity index (χ1) is 9.79. The molecule has 2 aromatic rings. The number of aryl methyl sites for hydroxylation is 2. The summed E-state index contributed by atoms with van der Waals surface area (Å²) >= 11 is 3.20. The summed E-state index contributed by atoms with van der Waals surface area (Å²) in [7, 11) is 0. The molecule has 0 aromatic carbocycles. The van der Waals surface area contributed by atoms with Crippen molar-refractivity contribution in [3.05, 3.63) is 20.8 Å². The predicted octanol–water partition coefficient (Wildman–Crippen LogP) is 3.26. The lowest BCUT2D eigenvalue weighted by molar-refractivity contribution is 0.700. The van der Waals surface area contributed by atoms with E-state index in [9.17, 15) is 4.79 Å². The molecule has 0 aliphatic heterocycles. The number of hydrogen-bond donors (Lipinski definition) is 1. The number of H-pyrrole nitrogens is 1. The number of nitriles is 1. The second-order valence-corrected chi connectivity index (χ2v) is 7.04. The van der Waals surface area contributed by atoms with Crippen molar-refractivity contribution in [3.8, 4) is 6.07 Å². The second-order valence-electron chi connectivity index (χ2n) is 4.87. The van der Waals surface area contributed by atoms with Gasteiger partial charge < -0.3 is 4.98 Å². The minimum atomic E-state index is -0.00261.